The van der Waals surface area contributed by atoms with Crippen LogP contribution in [0.3, 0.4) is 0 Å². The molecule has 0 spiro atoms. The average Bonchev–Trinajstić information content (AvgIpc) is 2.62. The van der Waals surface area contributed by atoms with Crippen molar-refractivity contribution in [3.63, 3.8) is 0 Å². The Bertz CT molecular complexity index is 911. The summed E-state index contributed by atoms with van der Waals surface area (Å²) in [6, 6.07) is 7.57. The summed E-state index contributed by atoms with van der Waals surface area (Å²) in [6.07, 6.45) is 5.76. The molecule has 1 heterocycles. The highest BCUT2D eigenvalue weighted by atomic mass is 32.2. The molecular formula is C19H24N2O4S. The van der Waals surface area contributed by atoms with Crippen molar-refractivity contribution in [2.45, 2.75) is 43.9 Å². The van der Waals surface area contributed by atoms with Crippen molar-refractivity contribution in [3.8, 4) is 0 Å². The molecule has 1 aromatic heterocycles. The molecule has 1 aliphatic rings. The van der Waals surface area contributed by atoms with E-state index in [1.807, 2.05) is 24.3 Å². The van der Waals surface area contributed by atoms with Crippen LogP contribution in [0.1, 0.15) is 43.0 Å². The summed E-state index contributed by atoms with van der Waals surface area (Å²) in [7, 11) is -3.07. The number of aromatic nitrogens is 1. The lowest BCUT2D eigenvalue weighted by atomic mass is 9.94. The summed E-state index contributed by atoms with van der Waals surface area (Å²) in [5.41, 5.74) is 1.83. The van der Waals surface area contributed by atoms with Gasteiger partial charge in [0.15, 0.2) is 0 Å². The van der Waals surface area contributed by atoms with Crippen molar-refractivity contribution in [3.05, 3.63) is 36.0 Å². The Morgan fingerprint density at radius 1 is 1.31 bits per heavy atom. The number of hydrogen-bond acceptors (Lipinski definition) is 6. The third-order valence-corrected chi connectivity index (χ3v) is 6.49. The molecule has 2 aromatic rings. The number of esters is 1. The largest absolute Gasteiger partial charge is 0.462 e. The maximum Gasteiger partial charge on any atom is 0.341 e. The summed E-state index contributed by atoms with van der Waals surface area (Å²) in [5.74, 6) is -0.427. The number of nitrogens with one attached hydrogen (secondary N) is 1. The summed E-state index contributed by atoms with van der Waals surface area (Å²) in [5, 5.41) is 3.92. The summed E-state index contributed by atoms with van der Waals surface area (Å²) in [6.45, 7) is 2.04. The average molecular weight is 376 g/mol. The molecule has 1 fully saturated rings. The Labute approximate surface area is 153 Å². The lowest BCUT2D eigenvalue weighted by molar-refractivity contribution is 0.0527. The standard InChI is InChI=1S/C19H24N2O4S/c1-3-25-19(22)16-12-20-17-10-5-4-9-15(17)18(16)21-13-7-6-8-14(11-13)26(2,23)24/h4-5,9-10,12-14H,3,6-8,11H2,1-2H3,(H,20,21). The van der Waals surface area contributed by atoms with Crippen LogP contribution in [-0.2, 0) is 14.6 Å². The predicted octanol–water partition coefficient (Wildman–Crippen LogP) is 3.18. The summed E-state index contributed by atoms with van der Waals surface area (Å²) < 4.78 is 29.1. The van der Waals surface area contributed by atoms with Gasteiger partial charge in [-0.2, -0.15) is 0 Å². The fraction of sp³-hybridized carbons (Fsp3) is 0.474. The van der Waals surface area contributed by atoms with Gasteiger partial charge in [0.1, 0.15) is 15.4 Å². The smallest absolute Gasteiger partial charge is 0.341 e. The topological polar surface area (TPSA) is 85.4 Å². The van der Waals surface area contributed by atoms with Crippen molar-refractivity contribution in [1.29, 1.82) is 0 Å². The normalized spacial score (nSPS) is 20.7. The maximum absolute atomic E-state index is 12.4. The first-order valence-electron chi connectivity index (χ1n) is 8.90. The number of sulfone groups is 1. The Morgan fingerprint density at radius 2 is 2.08 bits per heavy atom. The van der Waals surface area contributed by atoms with Gasteiger partial charge < -0.3 is 10.1 Å². The molecule has 0 saturated heterocycles. The molecule has 1 saturated carbocycles. The van der Waals surface area contributed by atoms with Crippen molar-refractivity contribution in [2.75, 3.05) is 18.2 Å². The Balaban J connectivity index is 1.97. The quantitative estimate of drug-likeness (QED) is 0.807. The molecule has 0 radical (unpaired) electrons. The van der Waals surface area contributed by atoms with E-state index in [2.05, 4.69) is 10.3 Å². The minimum atomic E-state index is -3.07. The van der Waals surface area contributed by atoms with E-state index in [9.17, 15) is 13.2 Å². The number of hydrogen-bond donors (Lipinski definition) is 1. The zero-order valence-electron chi connectivity index (χ0n) is 15.1. The minimum Gasteiger partial charge on any atom is -0.462 e. The van der Waals surface area contributed by atoms with Gasteiger partial charge in [-0.3, -0.25) is 4.98 Å². The third kappa shape index (κ3) is 3.98. The number of para-hydroxylation sites is 1. The molecule has 1 aliphatic carbocycles. The fourth-order valence-electron chi connectivity index (χ4n) is 3.53. The molecule has 3 rings (SSSR count). The first-order valence-corrected chi connectivity index (χ1v) is 10.9. The van der Waals surface area contributed by atoms with Crippen LogP contribution in [0, 0.1) is 0 Å². The van der Waals surface area contributed by atoms with Crippen molar-refractivity contribution in [2.24, 2.45) is 0 Å². The number of fused-ring (bicyclic) bond motifs is 1. The van der Waals surface area contributed by atoms with Gasteiger partial charge >= 0.3 is 5.97 Å². The lowest BCUT2D eigenvalue weighted by Gasteiger charge is -2.30. The number of carbonyl (C=O) groups is 1. The first kappa shape index (κ1) is 18.6. The van der Waals surface area contributed by atoms with Gasteiger partial charge in [-0.05, 0) is 32.3 Å². The second kappa shape index (κ2) is 7.61. The SMILES string of the molecule is CCOC(=O)c1cnc2ccccc2c1NC1CCCC(S(C)(=O)=O)C1. The summed E-state index contributed by atoms with van der Waals surface area (Å²) in [4.78, 5) is 16.7. The monoisotopic (exact) mass is 376 g/mol. The highest BCUT2D eigenvalue weighted by Gasteiger charge is 2.30. The van der Waals surface area contributed by atoms with Crippen LogP contribution in [0.25, 0.3) is 10.9 Å². The van der Waals surface area contributed by atoms with E-state index < -0.39 is 15.8 Å². The van der Waals surface area contributed by atoms with E-state index in [1.54, 1.807) is 6.92 Å². The Morgan fingerprint density at radius 3 is 2.81 bits per heavy atom. The van der Waals surface area contributed by atoms with E-state index >= 15 is 0 Å². The second-order valence-corrected chi connectivity index (χ2v) is 9.07. The van der Waals surface area contributed by atoms with Gasteiger partial charge in [-0.15, -0.1) is 0 Å². The molecule has 1 aromatic carbocycles. The second-order valence-electron chi connectivity index (χ2n) is 6.74. The number of nitrogens with zero attached hydrogens (tertiary/aromatic N) is 1. The number of carbonyl (C=O) groups excluding carboxylic acids is 1. The molecule has 2 atom stereocenters. The van der Waals surface area contributed by atoms with Gasteiger partial charge in [0.25, 0.3) is 0 Å². The highest BCUT2D eigenvalue weighted by molar-refractivity contribution is 7.91. The lowest BCUT2D eigenvalue weighted by Crippen LogP contribution is -2.34. The zero-order valence-corrected chi connectivity index (χ0v) is 15.9. The number of benzene rings is 1. The Hall–Kier alpha value is -2.15. The number of anilines is 1. The van der Waals surface area contributed by atoms with Gasteiger partial charge in [-0.1, -0.05) is 24.6 Å². The molecular weight excluding hydrogens is 352 g/mol. The number of rotatable bonds is 5. The van der Waals surface area contributed by atoms with Gasteiger partial charge in [-0.25, -0.2) is 13.2 Å². The molecule has 7 heteroatoms. The Kier molecular flexibility index (Phi) is 5.46. The van der Waals surface area contributed by atoms with Crippen LogP contribution < -0.4 is 5.32 Å². The van der Waals surface area contributed by atoms with E-state index in [0.717, 1.165) is 23.7 Å². The molecule has 1 N–H and O–H groups in total. The number of ether oxygens (including phenoxy) is 1. The minimum absolute atomic E-state index is 0.0116. The van der Waals surface area contributed by atoms with Crippen molar-refractivity contribution < 1.29 is 17.9 Å². The molecule has 0 amide bonds. The van der Waals surface area contributed by atoms with Gasteiger partial charge in [0.05, 0.1) is 23.1 Å². The van der Waals surface area contributed by atoms with Crippen LogP contribution in [0.15, 0.2) is 30.5 Å². The molecule has 26 heavy (non-hydrogen) atoms. The van der Waals surface area contributed by atoms with Gasteiger partial charge in [0, 0.05) is 23.9 Å². The van der Waals surface area contributed by atoms with Gasteiger partial charge in [0.2, 0.25) is 0 Å². The molecule has 2 unspecified atom stereocenters. The van der Waals surface area contributed by atoms with E-state index in [-0.39, 0.29) is 17.9 Å². The van der Waals surface area contributed by atoms with Crippen LogP contribution in [0.4, 0.5) is 5.69 Å². The predicted molar refractivity (Wildman–Crippen MR) is 102 cm³/mol. The van der Waals surface area contributed by atoms with E-state index in [1.165, 1.54) is 12.5 Å². The van der Waals surface area contributed by atoms with Crippen molar-refractivity contribution >= 4 is 32.4 Å². The third-order valence-electron chi connectivity index (χ3n) is 4.85. The van der Waals surface area contributed by atoms with E-state index in [4.69, 9.17) is 4.74 Å². The van der Waals surface area contributed by atoms with Crippen LogP contribution in [0.2, 0.25) is 0 Å². The summed E-state index contributed by atoms with van der Waals surface area (Å²) >= 11 is 0. The fourth-order valence-corrected chi connectivity index (χ4v) is 4.71. The molecule has 0 aliphatic heterocycles. The molecule has 140 valence electrons. The van der Waals surface area contributed by atoms with E-state index in [0.29, 0.717) is 24.1 Å². The zero-order chi connectivity index (χ0) is 18.7. The first-order chi connectivity index (χ1) is 12.4. The van der Waals surface area contributed by atoms with Crippen LogP contribution in [0.5, 0.6) is 0 Å². The molecule has 6 nitrogen and oxygen atoms in total. The maximum atomic E-state index is 12.4. The van der Waals surface area contributed by atoms with Crippen LogP contribution >= 0.6 is 0 Å². The van der Waals surface area contributed by atoms with Crippen molar-refractivity contribution in [1.82, 2.24) is 4.98 Å². The van der Waals surface area contributed by atoms with Crippen LogP contribution in [-0.4, -0.2) is 43.5 Å². The molecule has 0 bridgehead atoms. The number of pyridine rings is 1. The highest BCUT2D eigenvalue weighted by Crippen LogP contribution is 2.31.